The first-order chi connectivity index (χ1) is 16.9. The number of carbonyl (C=O) groups excluding carboxylic acids is 3. The number of carboxylic acids is 2. The van der Waals surface area contributed by atoms with Crippen LogP contribution in [0.5, 0.6) is 5.75 Å². The van der Waals surface area contributed by atoms with Crippen LogP contribution in [0.2, 0.25) is 0 Å². The number of phenols is 1. The minimum Gasteiger partial charge on any atom is -0.508 e. The molecule has 12 N–H and O–H groups in total. The van der Waals surface area contributed by atoms with Gasteiger partial charge in [-0.15, -0.1) is 0 Å². The van der Waals surface area contributed by atoms with Crippen LogP contribution in [0.25, 0.3) is 0 Å². The fraction of sp³-hybridized carbons (Fsp3) is 0.429. The summed E-state index contributed by atoms with van der Waals surface area (Å²) in [6, 6.07) is 1.60. The van der Waals surface area contributed by atoms with Gasteiger partial charge in [-0.3, -0.25) is 24.2 Å². The Morgan fingerprint density at radius 3 is 2.14 bits per heavy atom. The standard InChI is InChI=1S/C21H31N7O8/c22-13(2-1-7-25-21(23)24)18(33)26-10-16(30)27-14(9-17(31)32)19(34)28-15(20(35)36)8-11-3-5-12(29)6-4-11/h3-6,13-15,29H,1-2,7-10,22H2,(H,26,33)(H,27,30)(H,28,34)(H,31,32)(H,35,36)(H4,23,24,25)/t13-,14-,15-/m0/s1. The second kappa shape index (κ2) is 14.8. The fourth-order valence-electron chi connectivity index (χ4n) is 2.92. The zero-order chi connectivity index (χ0) is 27.3. The van der Waals surface area contributed by atoms with Gasteiger partial charge in [-0.2, -0.15) is 0 Å². The first-order valence-electron chi connectivity index (χ1n) is 10.8. The first kappa shape index (κ1) is 29.6. The lowest BCUT2D eigenvalue weighted by Crippen LogP contribution is -2.54. The van der Waals surface area contributed by atoms with Crippen molar-refractivity contribution in [2.75, 3.05) is 13.1 Å². The molecule has 0 aliphatic heterocycles. The molecule has 0 bridgehead atoms. The highest BCUT2D eigenvalue weighted by atomic mass is 16.4. The highest BCUT2D eigenvalue weighted by molar-refractivity contribution is 5.94. The van der Waals surface area contributed by atoms with Crippen LogP contribution in [0.15, 0.2) is 29.3 Å². The van der Waals surface area contributed by atoms with Crippen molar-refractivity contribution >= 4 is 35.6 Å². The monoisotopic (exact) mass is 509 g/mol. The summed E-state index contributed by atoms with van der Waals surface area (Å²) in [5.74, 6) is -5.53. The Balaban J connectivity index is 2.68. The molecule has 0 aliphatic carbocycles. The predicted molar refractivity (Wildman–Crippen MR) is 126 cm³/mol. The Labute approximate surface area is 206 Å². The minimum atomic E-state index is -1.61. The van der Waals surface area contributed by atoms with Crippen molar-refractivity contribution in [3.8, 4) is 5.75 Å². The maximum atomic E-state index is 12.6. The van der Waals surface area contributed by atoms with Crippen molar-refractivity contribution in [1.82, 2.24) is 16.0 Å². The van der Waals surface area contributed by atoms with E-state index in [0.29, 0.717) is 12.0 Å². The number of aliphatic carboxylic acids is 2. The maximum Gasteiger partial charge on any atom is 0.326 e. The number of nitrogens with two attached hydrogens (primary N) is 3. The zero-order valence-corrected chi connectivity index (χ0v) is 19.3. The van der Waals surface area contributed by atoms with E-state index in [1.54, 1.807) is 0 Å². The average molecular weight is 510 g/mol. The second-order valence-electron chi connectivity index (χ2n) is 7.76. The third-order valence-corrected chi connectivity index (χ3v) is 4.75. The summed E-state index contributed by atoms with van der Waals surface area (Å²) in [4.78, 5) is 63.4. The molecule has 0 unspecified atom stereocenters. The second-order valence-corrected chi connectivity index (χ2v) is 7.76. The number of hydrogen-bond acceptors (Lipinski definition) is 8. The van der Waals surface area contributed by atoms with Crippen LogP contribution < -0.4 is 33.2 Å². The summed E-state index contributed by atoms with van der Waals surface area (Å²) in [6.45, 7) is -0.334. The highest BCUT2D eigenvalue weighted by Gasteiger charge is 2.28. The molecule has 0 saturated heterocycles. The van der Waals surface area contributed by atoms with Gasteiger partial charge in [-0.25, -0.2) is 4.79 Å². The van der Waals surface area contributed by atoms with Gasteiger partial charge in [-0.05, 0) is 30.5 Å². The molecule has 0 aromatic heterocycles. The Hall–Kier alpha value is -4.40. The third-order valence-electron chi connectivity index (χ3n) is 4.75. The molecule has 0 heterocycles. The largest absolute Gasteiger partial charge is 0.508 e. The summed E-state index contributed by atoms with van der Waals surface area (Å²) in [5, 5.41) is 34.5. The Bertz CT molecular complexity index is 964. The SMILES string of the molecule is NC(N)=NCCC[C@H](N)C(=O)NCC(=O)N[C@@H](CC(=O)O)C(=O)N[C@@H](Cc1ccc(O)cc1)C(=O)O. The molecule has 1 rings (SSSR count). The molecule has 0 saturated carbocycles. The summed E-state index contributed by atoms with van der Waals surface area (Å²) in [5.41, 5.74) is 16.6. The van der Waals surface area contributed by atoms with E-state index in [0.717, 1.165) is 0 Å². The maximum absolute atomic E-state index is 12.6. The van der Waals surface area contributed by atoms with Crippen LogP contribution in [0.4, 0.5) is 0 Å². The lowest BCUT2D eigenvalue weighted by molar-refractivity contribution is -0.143. The normalized spacial score (nSPS) is 12.9. The van der Waals surface area contributed by atoms with E-state index in [4.69, 9.17) is 22.3 Å². The van der Waals surface area contributed by atoms with Crippen molar-refractivity contribution in [3.05, 3.63) is 29.8 Å². The number of guanidine groups is 1. The van der Waals surface area contributed by atoms with Crippen molar-refractivity contribution in [3.63, 3.8) is 0 Å². The van der Waals surface area contributed by atoms with Crippen molar-refractivity contribution in [2.45, 2.75) is 43.8 Å². The third kappa shape index (κ3) is 11.6. The van der Waals surface area contributed by atoms with Gasteiger partial charge in [0.1, 0.15) is 17.8 Å². The number of hydrogen-bond donors (Lipinski definition) is 9. The number of benzene rings is 1. The van der Waals surface area contributed by atoms with Crippen LogP contribution in [0.3, 0.4) is 0 Å². The molecular weight excluding hydrogens is 478 g/mol. The summed E-state index contributed by atoms with van der Waals surface area (Å²) >= 11 is 0. The van der Waals surface area contributed by atoms with Crippen molar-refractivity contribution in [2.24, 2.45) is 22.2 Å². The van der Waals surface area contributed by atoms with Gasteiger partial charge in [-0.1, -0.05) is 12.1 Å². The van der Waals surface area contributed by atoms with Crippen LogP contribution in [0, 0.1) is 0 Å². The van der Waals surface area contributed by atoms with Gasteiger partial charge in [0, 0.05) is 13.0 Å². The fourth-order valence-corrected chi connectivity index (χ4v) is 2.92. The van der Waals surface area contributed by atoms with Crippen molar-refractivity contribution < 1.29 is 39.3 Å². The number of amides is 3. The van der Waals surface area contributed by atoms with E-state index in [-0.39, 0.29) is 31.1 Å². The van der Waals surface area contributed by atoms with Crippen LogP contribution in [0.1, 0.15) is 24.8 Å². The van der Waals surface area contributed by atoms with E-state index in [1.807, 2.05) is 0 Å². The number of carboxylic acid groups (broad SMARTS) is 2. The molecule has 1 aromatic carbocycles. The topological polar surface area (TPSA) is 273 Å². The summed E-state index contributed by atoms with van der Waals surface area (Å²) < 4.78 is 0. The molecule has 15 nitrogen and oxygen atoms in total. The van der Waals surface area contributed by atoms with Gasteiger partial charge in [0.25, 0.3) is 0 Å². The molecular formula is C21H31N7O8. The number of nitrogens with one attached hydrogen (secondary N) is 3. The van der Waals surface area contributed by atoms with Crippen molar-refractivity contribution in [1.29, 1.82) is 0 Å². The van der Waals surface area contributed by atoms with Crippen LogP contribution in [-0.2, 0) is 30.4 Å². The molecule has 36 heavy (non-hydrogen) atoms. The molecule has 15 heteroatoms. The Morgan fingerprint density at radius 1 is 0.944 bits per heavy atom. The summed E-state index contributed by atoms with van der Waals surface area (Å²) in [7, 11) is 0. The van der Waals surface area contributed by atoms with E-state index in [9.17, 15) is 34.2 Å². The predicted octanol–water partition coefficient (Wildman–Crippen LogP) is -3.04. The summed E-state index contributed by atoms with van der Waals surface area (Å²) in [6.07, 6.45) is -0.353. The molecule has 3 atom stereocenters. The number of rotatable bonds is 15. The molecule has 0 aliphatic rings. The molecule has 0 radical (unpaired) electrons. The van der Waals surface area contributed by atoms with E-state index in [2.05, 4.69) is 20.9 Å². The Kier molecular flexibility index (Phi) is 12.2. The van der Waals surface area contributed by atoms with Gasteiger partial charge in [0.05, 0.1) is 19.0 Å². The van der Waals surface area contributed by atoms with Gasteiger partial charge in [0.15, 0.2) is 5.96 Å². The minimum absolute atomic E-state index is 0.0297. The molecule has 198 valence electrons. The quantitative estimate of drug-likeness (QED) is 0.0651. The van der Waals surface area contributed by atoms with Gasteiger partial charge < -0.3 is 48.5 Å². The molecule has 0 fully saturated rings. The molecule has 3 amide bonds. The van der Waals surface area contributed by atoms with Gasteiger partial charge in [0.2, 0.25) is 17.7 Å². The van der Waals surface area contributed by atoms with Crippen LogP contribution in [-0.4, -0.2) is 82.2 Å². The van der Waals surface area contributed by atoms with E-state index < -0.39 is 60.8 Å². The highest BCUT2D eigenvalue weighted by Crippen LogP contribution is 2.11. The molecule has 1 aromatic rings. The lowest BCUT2D eigenvalue weighted by Gasteiger charge is -2.21. The lowest BCUT2D eigenvalue weighted by atomic mass is 10.0. The molecule has 0 spiro atoms. The smallest absolute Gasteiger partial charge is 0.326 e. The number of aromatic hydroxyl groups is 1. The number of aliphatic imine (C=N–C) groups is 1. The van der Waals surface area contributed by atoms with Crippen LogP contribution >= 0.6 is 0 Å². The van der Waals surface area contributed by atoms with E-state index in [1.165, 1.54) is 24.3 Å². The number of nitrogens with zero attached hydrogens (tertiary/aromatic N) is 1. The first-order valence-corrected chi connectivity index (χ1v) is 10.8. The van der Waals surface area contributed by atoms with Gasteiger partial charge >= 0.3 is 11.9 Å². The Morgan fingerprint density at radius 2 is 1.58 bits per heavy atom. The number of carbonyl (C=O) groups is 5. The van der Waals surface area contributed by atoms with E-state index >= 15 is 0 Å². The zero-order valence-electron chi connectivity index (χ0n) is 19.3. The average Bonchev–Trinajstić information content (AvgIpc) is 2.80. The number of phenolic OH excluding ortho intramolecular Hbond substituents is 1.